The molecule has 0 bridgehead atoms. The Bertz CT molecular complexity index is 965. The van der Waals surface area contributed by atoms with Crippen molar-refractivity contribution in [2.75, 3.05) is 26.4 Å². The fraction of sp³-hybridized carbons (Fsp3) is 0.905. The Kier molecular flexibility index (Phi) is 37.2. The Hall–Kier alpha value is -1.37. The first-order valence-corrected chi connectivity index (χ1v) is 23.3. The summed E-state index contributed by atoms with van der Waals surface area (Å²) >= 11 is 0. The van der Waals surface area contributed by atoms with Gasteiger partial charge in [-0.1, -0.05) is 154 Å². The molecule has 5 atom stereocenters. The Morgan fingerprint density at radius 2 is 1.05 bits per heavy atom. The summed E-state index contributed by atoms with van der Waals surface area (Å²) in [5, 5.41) is 38.4. The summed E-state index contributed by atoms with van der Waals surface area (Å²) in [6.45, 7) is 2.14. The van der Waals surface area contributed by atoms with Crippen molar-refractivity contribution in [3.05, 3.63) is 12.2 Å². The van der Waals surface area contributed by atoms with E-state index >= 15 is 0 Å². The third kappa shape index (κ3) is 36.7. The lowest BCUT2D eigenvalue weighted by atomic mass is 10.0. The van der Waals surface area contributed by atoms with Crippen molar-refractivity contribution in [3.8, 4) is 0 Å². The molecule has 0 aliphatic rings. The van der Waals surface area contributed by atoms with E-state index in [0.29, 0.717) is 25.7 Å². The van der Waals surface area contributed by atoms with Crippen LogP contribution in [0.4, 0.5) is 0 Å². The van der Waals surface area contributed by atoms with Crippen molar-refractivity contribution in [1.29, 1.82) is 0 Å². The van der Waals surface area contributed by atoms with Crippen LogP contribution in [0.3, 0.4) is 0 Å². The van der Waals surface area contributed by atoms with E-state index in [4.69, 9.17) is 19.1 Å². The van der Waals surface area contributed by atoms with E-state index in [2.05, 4.69) is 18.4 Å². The van der Waals surface area contributed by atoms with E-state index in [0.717, 1.165) is 70.6 Å². The van der Waals surface area contributed by atoms with Gasteiger partial charge in [-0.3, -0.25) is 18.6 Å². The topological polar surface area (TPSA) is 189 Å². The summed E-state index contributed by atoms with van der Waals surface area (Å²) in [5.41, 5.74) is 0. The zero-order valence-electron chi connectivity index (χ0n) is 34.6. The highest BCUT2D eigenvalue weighted by molar-refractivity contribution is 7.47. The van der Waals surface area contributed by atoms with Gasteiger partial charge in [0.1, 0.15) is 12.7 Å². The summed E-state index contributed by atoms with van der Waals surface area (Å²) in [5.74, 6) is -0.994. The zero-order valence-corrected chi connectivity index (χ0v) is 35.5. The average molecular weight is 809 g/mol. The molecule has 0 saturated carbocycles. The fourth-order valence-corrected chi connectivity index (χ4v) is 6.87. The fourth-order valence-electron chi connectivity index (χ4n) is 6.08. The van der Waals surface area contributed by atoms with Crippen molar-refractivity contribution >= 4 is 19.8 Å². The molecule has 0 rings (SSSR count). The van der Waals surface area contributed by atoms with Gasteiger partial charge in [-0.25, -0.2) is 4.57 Å². The normalized spacial score (nSPS) is 15.1. The molecule has 0 spiro atoms. The number of aliphatic hydroxyl groups excluding tert-OH is 4. The van der Waals surface area contributed by atoms with E-state index in [-0.39, 0.29) is 19.4 Å². The first kappa shape index (κ1) is 53.6. The summed E-state index contributed by atoms with van der Waals surface area (Å²) in [7, 11) is -4.64. The molecule has 0 aromatic carbocycles. The van der Waals surface area contributed by atoms with Crippen LogP contribution in [-0.4, -0.2) is 88.1 Å². The lowest BCUT2D eigenvalue weighted by Crippen LogP contribution is -2.29. The second-order valence-electron chi connectivity index (χ2n) is 15.0. The molecular weight excluding hydrogens is 727 g/mol. The minimum absolute atomic E-state index is 0.123. The molecule has 55 heavy (non-hydrogen) atoms. The third-order valence-electron chi connectivity index (χ3n) is 9.62. The van der Waals surface area contributed by atoms with Crippen LogP contribution in [0.1, 0.15) is 194 Å². The number of rotatable bonds is 41. The number of carbonyl (C=O) groups excluding carboxylic acids is 2. The standard InChI is InChI=1S/C42H81O12P/c1-3-5-7-8-9-10-11-12-13-14-15-16-20-23-27-31-41(47)51-35-38(36-53-55(49,50)52-34-37(44)33-43)54-42(48)32-28-24-21-18-17-19-22-26-30-40(46)39(45)29-25-6-4-2/h22,26,37-40,43-46H,3-21,23-25,27-36H2,1-2H3,(H,49,50)/b26-22-. The van der Waals surface area contributed by atoms with Crippen LogP contribution in [0.15, 0.2) is 12.2 Å². The van der Waals surface area contributed by atoms with Gasteiger partial charge in [-0.15, -0.1) is 0 Å². The summed E-state index contributed by atoms with van der Waals surface area (Å²) in [6, 6.07) is 0. The van der Waals surface area contributed by atoms with E-state index in [9.17, 15) is 34.4 Å². The van der Waals surface area contributed by atoms with Gasteiger partial charge in [0.05, 0.1) is 32.0 Å². The smallest absolute Gasteiger partial charge is 0.462 e. The molecule has 0 aromatic rings. The number of aliphatic hydroxyl groups is 4. The Morgan fingerprint density at radius 1 is 0.582 bits per heavy atom. The van der Waals surface area contributed by atoms with Gasteiger partial charge in [0.15, 0.2) is 6.10 Å². The van der Waals surface area contributed by atoms with Crippen molar-refractivity contribution < 1.29 is 58.0 Å². The number of unbranched alkanes of at least 4 members (excludes halogenated alkanes) is 21. The molecule has 0 amide bonds. The third-order valence-corrected chi connectivity index (χ3v) is 10.6. The maximum Gasteiger partial charge on any atom is 0.472 e. The Morgan fingerprint density at radius 3 is 1.60 bits per heavy atom. The highest BCUT2D eigenvalue weighted by atomic mass is 31.2. The largest absolute Gasteiger partial charge is 0.472 e. The lowest BCUT2D eigenvalue weighted by Gasteiger charge is -2.20. The molecule has 12 nitrogen and oxygen atoms in total. The maximum absolute atomic E-state index is 12.6. The van der Waals surface area contributed by atoms with Gasteiger partial charge in [0.2, 0.25) is 0 Å². The van der Waals surface area contributed by atoms with Crippen molar-refractivity contribution in [2.45, 2.75) is 218 Å². The monoisotopic (exact) mass is 809 g/mol. The van der Waals surface area contributed by atoms with Gasteiger partial charge < -0.3 is 34.8 Å². The quantitative estimate of drug-likeness (QED) is 0.0171. The number of hydrogen-bond acceptors (Lipinski definition) is 11. The number of hydrogen-bond donors (Lipinski definition) is 5. The van der Waals surface area contributed by atoms with Crippen LogP contribution in [0.2, 0.25) is 0 Å². The molecular formula is C42H81O12P. The SMILES string of the molecule is CCCCCCCCCCCCCCCCCC(=O)OCC(COP(=O)(O)OCC(O)CO)OC(=O)CCCCCCC/C=C\CC(O)C(O)CCCCC. The van der Waals surface area contributed by atoms with Crippen molar-refractivity contribution in [2.24, 2.45) is 0 Å². The number of carbonyl (C=O) groups is 2. The summed E-state index contributed by atoms with van der Waals surface area (Å²) in [4.78, 5) is 35.0. The van der Waals surface area contributed by atoms with Crippen LogP contribution < -0.4 is 0 Å². The molecule has 0 aliphatic carbocycles. The molecule has 5 unspecified atom stereocenters. The van der Waals surface area contributed by atoms with Gasteiger partial charge in [0.25, 0.3) is 0 Å². The van der Waals surface area contributed by atoms with Crippen LogP contribution in [0, 0.1) is 0 Å². The van der Waals surface area contributed by atoms with E-state index in [1.807, 2.05) is 12.2 Å². The van der Waals surface area contributed by atoms with Crippen molar-refractivity contribution in [1.82, 2.24) is 0 Å². The number of allylic oxidation sites excluding steroid dienone is 1. The molecule has 0 aromatic heterocycles. The first-order chi connectivity index (χ1) is 26.5. The van der Waals surface area contributed by atoms with Crippen LogP contribution >= 0.6 is 7.82 Å². The number of phosphoric acid groups is 1. The summed E-state index contributed by atoms with van der Waals surface area (Å²) < 4.78 is 32.6. The minimum Gasteiger partial charge on any atom is -0.462 e. The molecule has 0 radical (unpaired) electrons. The number of phosphoric ester groups is 1. The van der Waals surface area contributed by atoms with E-state index in [1.165, 1.54) is 70.6 Å². The Balaban J connectivity index is 4.36. The van der Waals surface area contributed by atoms with Gasteiger partial charge in [-0.05, 0) is 38.5 Å². The average Bonchev–Trinajstić information content (AvgIpc) is 3.17. The molecule has 0 aliphatic heterocycles. The van der Waals surface area contributed by atoms with Gasteiger partial charge in [-0.2, -0.15) is 0 Å². The minimum atomic E-state index is -4.64. The lowest BCUT2D eigenvalue weighted by molar-refractivity contribution is -0.161. The first-order valence-electron chi connectivity index (χ1n) is 21.8. The van der Waals surface area contributed by atoms with Crippen LogP contribution in [0.5, 0.6) is 0 Å². The van der Waals surface area contributed by atoms with Gasteiger partial charge >= 0.3 is 19.8 Å². The van der Waals surface area contributed by atoms with Crippen molar-refractivity contribution in [3.63, 3.8) is 0 Å². The van der Waals surface area contributed by atoms with E-state index in [1.54, 1.807) is 0 Å². The zero-order chi connectivity index (χ0) is 40.8. The van der Waals surface area contributed by atoms with Crippen LogP contribution in [0.25, 0.3) is 0 Å². The highest BCUT2D eigenvalue weighted by Crippen LogP contribution is 2.43. The maximum atomic E-state index is 12.6. The molecule has 0 heterocycles. The predicted octanol–water partition coefficient (Wildman–Crippen LogP) is 9.17. The predicted molar refractivity (Wildman–Crippen MR) is 217 cm³/mol. The Labute approximate surface area is 333 Å². The second kappa shape index (κ2) is 38.2. The highest BCUT2D eigenvalue weighted by Gasteiger charge is 2.27. The number of ether oxygens (including phenoxy) is 2. The second-order valence-corrected chi connectivity index (χ2v) is 16.5. The summed E-state index contributed by atoms with van der Waals surface area (Å²) in [6.07, 6.45) is 28.0. The van der Waals surface area contributed by atoms with Gasteiger partial charge in [0, 0.05) is 12.8 Å². The van der Waals surface area contributed by atoms with E-state index < -0.39 is 64.0 Å². The molecule has 13 heteroatoms. The molecule has 0 fully saturated rings. The molecule has 0 saturated heterocycles. The number of esters is 2. The van der Waals surface area contributed by atoms with Crippen LogP contribution in [-0.2, 0) is 32.7 Å². The molecule has 5 N–H and O–H groups in total. The molecule has 326 valence electrons.